The molecule has 2 rings (SSSR count). The monoisotopic (exact) mass is 247 g/mol. The zero-order valence-electron chi connectivity index (χ0n) is 10.9. The number of hydrogen-bond acceptors (Lipinski definition) is 3. The van der Waals surface area contributed by atoms with Gasteiger partial charge in [0.15, 0.2) is 0 Å². The number of aryl methyl sites for hydroxylation is 1. The van der Waals surface area contributed by atoms with Gasteiger partial charge in [-0.25, -0.2) is 0 Å². The maximum absolute atomic E-state index is 7.44. The van der Waals surface area contributed by atoms with Crippen LogP contribution in [0, 0.1) is 5.41 Å². The summed E-state index contributed by atoms with van der Waals surface area (Å²) in [7, 11) is 0. The first-order valence-electron chi connectivity index (χ1n) is 6.44. The van der Waals surface area contributed by atoms with Gasteiger partial charge in [0, 0.05) is 19.6 Å². The molecule has 1 aliphatic rings. The average molecular weight is 247 g/mol. The van der Waals surface area contributed by atoms with Gasteiger partial charge < -0.3 is 10.5 Å². The number of nitrogens with zero attached hydrogens (tertiary/aromatic N) is 1. The third-order valence-corrected chi connectivity index (χ3v) is 3.33. The predicted molar refractivity (Wildman–Crippen MR) is 72.8 cm³/mol. The van der Waals surface area contributed by atoms with Crippen molar-refractivity contribution in [3.05, 3.63) is 35.4 Å². The molecule has 1 saturated heterocycles. The van der Waals surface area contributed by atoms with Gasteiger partial charge in [0.2, 0.25) is 0 Å². The molecule has 0 saturated carbocycles. The minimum absolute atomic E-state index is 0.126. The number of hydrogen-bond donors (Lipinski definition) is 2. The van der Waals surface area contributed by atoms with E-state index < -0.39 is 0 Å². The van der Waals surface area contributed by atoms with Crippen LogP contribution in [0.25, 0.3) is 0 Å². The highest BCUT2D eigenvalue weighted by atomic mass is 16.5. The second kappa shape index (κ2) is 5.98. The van der Waals surface area contributed by atoms with Gasteiger partial charge in [-0.05, 0) is 17.5 Å². The molecule has 1 fully saturated rings. The summed E-state index contributed by atoms with van der Waals surface area (Å²) < 4.78 is 5.45. The SMILES string of the molecule is CCc1ccc(CN2CCOC(C(=N)N)C2)cc1. The molecule has 0 aliphatic carbocycles. The minimum Gasteiger partial charge on any atom is -0.385 e. The molecule has 1 atom stereocenters. The van der Waals surface area contributed by atoms with E-state index in [1.54, 1.807) is 0 Å². The topological polar surface area (TPSA) is 62.3 Å². The largest absolute Gasteiger partial charge is 0.385 e. The van der Waals surface area contributed by atoms with Crippen molar-refractivity contribution in [1.82, 2.24) is 4.90 Å². The van der Waals surface area contributed by atoms with E-state index in [0.29, 0.717) is 13.2 Å². The Morgan fingerprint density at radius 1 is 1.39 bits per heavy atom. The van der Waals surface area contributed by atoms with Crippen LogP contribution in [-0.2, 0) is 17.7 Å². The summed E-state index contributed by atoms with van der Waals surface area (Å²) in [5, 5.41) is 7.44. The lowest BCUT2D eigenvalue weighted by atomic mass is 10.1. The van der Waals surface area contributed by atoms with Crippen LogP contribution in [0.4, 0.5) is 0 Å². The predicted octanol–water partition coefficient (Wildman–Crippen LogP) is 1.39. The third-order valence-electron chi connectivity index (χ3n) is 3.33. The quantitative estimate of drug-likeness (QED) is 0.624. The molecule has 18 heavy (non-hydrogen) atoms. The lowest BCUT2D eigenvalue weighted by molar-refractivity contribution is 0.00236. The molecule has 0 aromatic heterocycles. The average Bonchev–Trinajstić information content (AvgIpc) is 2.40. The second-order valence-electron chi connectivity index (χ2n) is 4.72. The molecular weight excluding hydrogens is 226 g/mol. The fourth-order valence-corrected chi connectivity index (χ4v) is 2.17. The number of benzene rings is 1. The van der Waals surface area contributed by atoms with Crippen LogP contribution in [0.2, 0.25) is 0 Å². The van der Waals surface area contributed by atoms with Gasteiger partial charge in [0.05, 0.1) is 6.61 Å². The number of morpholine rings is 1. The Morgan fingerprint density at radius 2 is 2.06 bits per heavy atom. The molecular formula is C14H21N3O. The minimum atomic E-state index is -0.242. The fraction of sp³-hybridized carbons (Fsp3) is 0.500. The zero-order chi connectivity index (χ0) is 13.0. The van der Waals surface area contributed by atoms with Crippen LogP contribution in [-0.4, -0.2) is 36.5 Å². The van der Waals surface area contributed by atoms with Crippen molar-refractivity contribution in [1.29, 1.82) is 5.41 Å². The van der Waals surface area contributed by atoms with E-state index in [1.807, 2.05) is 0 Å². The molecule has 0 radical (unpaired) electrons. The van der Waals surface area contributed by atoms with Crippen molar-refractivity contribution in [2.45, 2.75) is 26.0 Å². The van der Waals surface area contributed by atoms with E-state index in [-0.39, 0.29) is 11.9 Å². The maximum atomic E-state index is 7.44. The summed E-state index contributed by atoms with van der Waals surface area (Å²) in [6.07, 6.45) is 0.832. The van der Waals surface area contributed by atoms with Crippen molar-refractivity contribution in [3.8, 4) is 0 Å². The molecule has 3 N–H and O–H groups in total. The Balaban J connectivity index is 1.93. The van der Waals surface area contributed by atoms with Gasteiger partial charge >= 0.3 is 0 Å². The van der Waals surface area contributed by atoms with Crippen LogP contribution < -0.4 is 5.73 Å². The number of amidine groups is 1. The summed E-state index contributed by atoms with van der Waals surface area (Å²) in [4.78, 5) is 2.29. The first kappa shape index (κ1) is 13.1. The molecule has 1 aliphatic heterocycles. The van der Waals surface area contributed by atoms with E-state index in [1.165, 1.54) is 11.1 Å². The van der Waals surface area contributed by atoms with Gasteiger partial charge in [-0.3, -0.25) is 10.3 Å². The van der Waals surface area contributed by atoms with Crippen molar-refractivity contribution < 1.29 is 4.74 Å². The Hall–Kier alpha value is -1.39. The van der Waals surface area contributed by atoms with Gasteiger partial charge in [-0.15, -0.1) is 0 Å². The summed E-state index contributed by atoms with van der Waals surface area (Å²) in [6.45, 7) is 5.33. The number of nitrogens with one attached hydrogen (secondary N) is 1. The van der Waals surface area contributed by atoms with E-state index in [4.69, 9.17) is 15.9 Å². The third kappa shape index (κ3) is 3.31. The lowest BCUT2D eigenvalue weighted by Gasteiger charge is -2.32. The van der Waals surface area contributed by atoms with Crippen LogP contribution in [0.3, 0.4) is 0 Å². The van der Waals surface area contributed by atoms with Crippen molar-refractivity contribution in [3.63, 3.8) is 0 Å². The number of rotatable bonds is 4. The summed E-state index contributed by atoms with van der Waals surface area (Å²) in [5.74, 6) is 0.126. The molecule has 4 nitrogen and oxygen atoms in total. The van der Waals surface area contributed by atoms with Crippen molar-refractivity contribution in [2.24, 2.45) is 5.73 Å². The molecule has 0 spiro atoms. The van der Waals surface area contributed by atoms with Gasteiger partial charge in [0.1, 0.15) is 11.9 Å². The zero-order valence-corrected chi connectivity index (χ0v) is 10.9. The highest BCUT2D eigenvalue weighted by Crippen LogP contribution is 2.11. The summed E-state index contributed by atoms with van der Waals surface area (Å²) in [6, 6.07) is 8.71. The van der Waals surface area contributed by atoms with Crippen molar-refractivity contribution >= 4 is 5.84 Å². The van der Waals surface area contributed by atoms with Gasteiger partial charge in [0.25, 0.3) is 0 Å². The van der Waals surface area contributed by atoms with Gasteiger partial charge in [-0.2, -0.15) is 0 Å². The van der Waals surface area contributed by atoms with Crippen LogP contribution in [0.15, 0.2) is 24.3 Å². The highest BCUT2D eigenvalue weighted by Gasteiger charge is 2.22. The van der Waals surface area contributed by atoms with Crippen LogP contribution in [0.5, 0.6) is 0 Å². The van der Waals surface area contributed by atoms with E-state index in [2.05, 4.69) is 36.1 Å². The van der Waals surface area contributed by atoms with E-state index >= 15 is 0 Å². The summed E-state index contributed by atoms with van der Waals surface area (Å²) >= 11 is 0. The smallest absolute Gasteiger partial charge is 0.127 e. The van der Waals surface area contributed by atoms with Crippen LogP contribution >= 0.6 is 0 Å². The van der Waals surface area contributed by atoms with Crippen molar-refractivity contribution in [2.75, 3.05) is 19.7 Å². The first-order chi connectivity index (χ1) is 8.69. The Labute approximate surface area is 108 Å². The molecule has 0 amide bonds. The Morgan fingerprint density at radius 3 is 2.67 bits per heavy atom. The van der Waals surface area contributed by atoms with E-state index in [0.717, 1.165) is 19.5 Å². The normalized spacial score (nSPS) is 20.8. The molecule has 4 heteroatoms. The first-order valence-corrected chi connectivity index (χ1v) is 6.44. The molecule has 1 aromatic carbocycles. The second-order valence-corrected chi connectivity index (χ2v) is 4.72. The maximum Gasteiger partial charge on any atom is 0.127 e. The van der Waals surface area contributed by atoms with Gasteiger partial charge in [-0.1, -0.05) is 31.2 Å². The van der Waals surface area contributed by atoms with Crippen LogP contribution in [0.1, 0.15) is 18.1 Å². The van der Waals surface area contributed by atoms with E-state index in [9.17, 15) is 0 Å². The summed E-state index contributed by atoms with van der Waals surface area (Å²) in [5.41, 5.74) is 8.16. The molecule has 1 unspecified atom stereocenters. The number of nitrogens with two attached hydrogens (primary N) is 1. The highest BCUT2D eigenvalue weighted by molar-refractivity contribution is 5.82. The molecule has 1 heterocycles. The number of ether oxygens (including phenoxy) is 1. The standard InChI is InChI=1S/C14H21N3O/c1-2-11-3-5-12(6-4-11)9-17-7-8-18-13(10-17)14(15)16/h3-6,13H,2,7-10H2,1H3,(H3,15,16). The Bertz CT molecular complexity index is 402. The molecule has 98 valence electrons. The fourth-order valence-electron chi connectivity index (χ4n) is 2.17. The lowest BCUT2D eigenvalue weighted by Crippen LogP contribution is -2.47. The molecule has 1 aromatic rings. The molecule has 0 bridgehead atoms. The Kier molecular flexibility index (Phi) is 4.33.